The van der Waals surface area contributed by atoms with Crippen molar-refractivity contribution < 1.29 is 43.8 Å². The first kappa shape index (κ1) is 43.7. The first-order valence-electron chi connectivity index (χ1n) is 21.4. The molecule has 3 N–H and O–H groups in total. The van der Waals surface area contributed by atoms with E-state index in [4.69, 9.17) is 23.7 Å². The Morgan fingerprint density at radius 3 is 2.26 bits per heavy atom. The zero-order valence-corrected chi connectivity index (χ0v) is 35.2. The fraction of sp³-hybridized carbons (Fsp3) is 0.909. The monoisotopic (exact) mass is 760 g/mol. The van der Waals surface area contributed by atoms with Crippen LogP contribution in [0.2, 0.25) is 0 Å². The van der Waals surface area contributed by atoms with E-state index >= 15 is 0 Å². The van der Waals surface area contributed by atoms with Gasteiger partial charge in [0.2, 0.25) is 5.79 Å². The van der Waals surface area contributed by atoms with E-state index in [0.717, 1.165) is 25.7 Å². The summed E-state index contributed by atoms with van der Waals surface area (Å²) in [6.07, 6.45) is 7.70. The number of ketones is 1. The lowest BCUT2D eigenvalue weighted by molar-refractivity contribution is -0.409. The van der Waals surface area contributed by atoms with Gasteiger partial charge in [-0.3, -0.25) is 4.79 Å². The smallest absolute Gasteiger partial charge is 0.202 e. The molecule has 10 heteroatoms. The van der Waals surface area contributed by atoms with Crippen LogP contribution in [0.3, 0.4) is 0 Å². The second-order valence-corrected chi connectivity index (χ2v) is 18.6. The Balaban J connectivity index is 1.33. The third-order valence-electron chi connectivity index (χ3n) is 15.1. The SMILES string of the molecule is CC[C@H]1CC[C@](C)([C@H](C#N)CC)O[C@H]1[C@@H](C)[C@H](O)[C@H](C)C(=O)[C@H](CC)[C@H]1O[C@]2(C=C[C@@H](O)[C@]3(CC[C@@](C)([C@H]4CC[C@](O)(CC)[C@H](C)O4)O3)O2)[C@H](C)C[C@@H]1C. The predicted octanol–water partition coefficient (Wildman–Crippen LogP) is 7.41. The minimum absolute atomic E-state index is 0.0362. The summed E-state index contributed by atoms with van der Waals surface area (Å²) < 4.78 is 34.0. The lowest BCUT2D eigenvalue weighted by Gasteiger charge is -2.54. The van der Waals surface area contributed by atoms with Crippen LogP contribution in [0.15, 0.2) is 12.2 Å². The summed E-state index contributed by atoms with van der Waals surface area (Å²) in [4.78, 5) is 14.6. The van der Waals surface area contributed by atoms with Crippen molar-refractivity contribution in [3.63, 3.8) is 0 Å². The maximum Gasteiger partial charge on any atom is 0.202 e. The molecule has 2 spiro atoms. The van der Waals surface area contributed by atoms with Gasteiger partial charge in [-0.25, -0.2) is 0 Å². The Labute approximate surface area is 325 Å². The fourth-order valence-corrected chi connectivity index (χ4v) is 11.0. The van der Waals surface area contributed by atoms with Crippen molar-refractivity contribution in [3.8, 4) is 6.07 Å². The highest BCUT2D eigenvalue weighted by Gasteiger charge is 2.63. The lowest BCUT2D eigenvalue weighted by Crippen LogP contribution is -2.63. The maximum absolute atomic E-state index is 14.6. The van der Waals surface area contributed by atoms with Crippen molar-refractivity contribution in [3.05, 3.63) is 12.2 Å². The minimum Gasteiger partial charge on any atom is -0.392 e. The highest BCUT2D eigenvalue weighted by molar-refractivity contribution is 5.84. The van der Waals surface area contributed by atoms with Crippen molar-refractivity contribution in [1.29, 1.82) is 5.26 Å². The Bertz CT molecular complexity index is 1390. The number of nitrogens with zero attached hydrogens (tertiary/aromatic N) is 1. The molecule has 0 aromatic rings. The summed E-state index contributed by atoms with van der Waals surface area (Å²) in [5.41, 5.74) is -2.20. The third-order valence-corrected chi connectivity index (χ3v) is 15.1. The van der Waals surface area contributed by atoms with Crippen LogP contribution in [-0.4, -0.2) is 86.1 Å². The average molecular weight is 760 g/mol. The van der Waals surface area contributed by atoms with Gasteiger partial charge in [0, 0.05) is 30.1 Å². The van der Waals surface area contributed by atoms with E-state index in [2.05, 4.69) is 26.8 Å². The van der Waals surface area contributed by atoms with Crippen LogP contribution in [0, 0.1) is 52.8 Å². The van der Waals surface area contributed by atoms with Gasteiger partial charge in [-0.2, -0.15) is 5.26 Å². The van der Waals surface area contributed by atoms with Gasteiger partial charge in [-0.05, 0) is 103 Å². The predicted molar refractivity (Wildman–Crippen MR) is 206 cm³/mol. The van der Waals surface area contributed by atoms with Crippen LogP contribution in [0.4, 0.5) is 0 Å². The lowest BCUT2D eigenvalue weighted by atomic mass is 9.71. The molecule has 0 aliphatic carbocycles. The number of rotatable bonds is 12. The molecule has 0 radical (unpaired) electrons. The summed E-state index contributed by atoms with van der Waals surface area (Å²) in [6, 6.07) is 2.45. The molecule has 0 bridgehead atoms. The normalized spacial score (nSPS) is 46.8. The first-order valence-corrected chi connectivity index (χ1v) is 21.4. The van der Waals surface area contributed by atoms with Crippen LogP contribution in [-0.2, 0) is 28.5 Å². The van der Waals surface area contributed by atoms with Gasteiger partial charge >= 0.3 is 0 Å². The standard InChI is InChI=1S/C44H73NO9/c1-12-31-16-19-40(10,32(13-2)25-45)51-39(31)29(8)36(47)28(7)37(48)33(14-3)38-26(5)24-27(6)43(52-38)21-17-34(46)44(54-43)23-22-41(11,53-44)35-18-20-42(49,15-4)30(9)50-35/h17,21,26-36,38-39,46-47,49H,12-16,18-20,22-24H2,1-11H3/t26-,27+,28-,29-,30-,31-,32-,33-,34+,35+,36+,38-,39-,40+,41-,42+,43-,44-/m0/s1. The molecule has 308 valence electrons. The zero-order valence-electron chi connectivity index (χ0n) is 35.2. The van der Waals surface area contributed by atoms with Crippen molar-refractivity contribution >= 4 is 5.78 Å². The van der Waals surface area contributed by atoms with Gasteiger partial charge in [0.15, 0.2) is 5.79 Å². The van der Waals surface area contributed by atoms with Crippen molar-refractivity contribution in [2.75, 3.05) is 0 Å². The number of hydrogen-bond acceptors (Lipinski definition) is 10. The number of carbonyl (C=O) groups excluding carboxylic acids is 1. The van der Waals surface area contributed by atoms with Crippen LogP contribution in [0.1, 0.15) is 147 Å². The average Bonchev–Trinajstić information content (AvgIpc) is 3.50. The van der Waals surface area contributed by atoms with E-state index in [1.807, 2.05) is 61.5 Å². The van der Waals surface area contributed by atoms with Gasteiger partial charge < -0.3 is 39.0 Å². The van der Waals surface area contributed by atoms with Crippen LogP contribution in [0.5, 0.6) is 0 Å². The van der Waals surface area contributed by atoms with Gasteiger partial charge in [0.05, 0.1) is 59.3 Å². The summed E-state index contributed by atoms with van der Waals surface area (Å²) in [5.74, 6) is -4.15. The molecule has 5 aliphatic rings. The highest BCUT2D eigenvalue weighted by atomic mass is 16.8. The van der Waals surface area contributed by atoms with E-state index in [1.54, 1.807) is 6.08 Å². The molecular weight excluding hydrogens is 686 g/mol. The quantitative estimate of drug-likeness (QED) is 0.172. The molecule has 54 heavy (non-hydrogen) atoms. The van der Waals surface area contributed by atoms with Gasteiger partial charge in [0.1, 0.15) is 11.9 Å². The van der Waals surface area contributed by atoms with Gasteiger partial charge in [-0.1, -0.05) is 61.8 Å². The number of ether oxygens (including phenoxy) is 5. The topological polar surface area (TPSA) is 148 Å². The summed E-state index contributed by atoms with van der Waals surface area (Å²) in [5, 5.41) is 44.3. The van der Waals surface area contributed by atoms with E-state index in [1.165, 1.54) is 0 Å². The summed E-state index contributed by atoms with van der Waals surface area (Å²) >= 11 is 0. The van der Waals surface area contributed by atoms with Crippen LogP contribution >= 0.6 is 0 Å². The highest BCUT2D eigenvalue weighted by Crippen LogP contribution is 2.54. The van der Waals surface area contributed by atoms with E-state index in [-0.39, 0.29) is 53.7 Å². The largest absolute Gasteiger partial charge is 0.392 e. The van der Waals surface area contributed by atoms with Crippen molar-refractivity contribution in [1.82, 2.24) is 0 Å². The molecule has 5 aliphatic heterocycles. The number of Topliss-reactive ketones (excluding diaryl/α,β-unsaturated/α-hetero) is 1. The molecule has 10 nitrogen and oxygen atoms in total. The molecule has 0 aromatic carbocycles. The van der Waals surface area contributed by atoms with E-state index < -0.39 is 58.5 Å². The number of nitriles is 1. The number of carbonyl (C=O) groups is 1. The second kappa shape index (κ2) is 16.4. The van der Waals surface area contributed by atoms with E-state index in [0.29, 0.717) is 44.9 Å². The molecule has 4 saturated heterocycles. The fourth-order valence-electron chi connectivity index (χ4n) is 11.0. The minimum atomic E-state index is -1.36. The Kier molecular flexibility index (Phi) is 13.3. The molecule has 0 saturated carbocycles. The molecule has 0 unspecified atom stereocenters. The van der Waals surface area contributed by atoms with Crippen LogP contribution in [0.25, 0.3) is 0 Å². The van der Waals surface area contributed by atoms with E-state index in [9.17, 15) is 25.4 Å². The number of hydrogen-bond donors (Lipinski definition) is 3. The van der Waals surface area contributed by atoms with Gasteiger partial charge in [-0.15, -0.1) is 0 Å². The van der Waals surface area contributed by atoms with Gasteiger partial charge in [0.25, 0.3) is 0 Å². The molecule has 0 aromatic heterocycles. The molecular formula is C44H73NO9. The van der Waals surface area contributed by atoms with Crippen molar-refractivity contribution in [2.24, 2.45) is 41.4 Å². The zero-order chi connectivity index (χ0) is 40.0. The second-order valence-electron chi connectivity index (χ2n) is 18.6. The van der Waals surface area contributed by atoms with Crippen LogP contribution < -0.4 is 0 Å². The Morgan fingerprint density at radius 2 is 1.67 bits per heavy atom. The Morgan fingerprint density at radius 1 is 0.963 bits per heavy atom. The molecule has 4 fully saturated rings. The first-order chi connectivity index (χ1) is 25.3. The Hall–Kier alpha value is -1.42. The number of aliphatic hydroxyl groups is 3. The molecule has 18 atom stereocenters. The maximum atomic E-state index is 14.6. The van der Waals surface area contributed by atoms with Crippen molar-refractivity contribution in [2.45, 2.75) is 212 Å². The molecule has 0 amide bonds. The summed E-state index contributed by atoms with van der Waals surface area (Å²) in [6.45, 7) is 22.1. The number of aliphatic hydroxyl groups excluding tert-OH is 2. The molecule has 5 rings (SSSR count). The summed E-state index contributed by atoms with van der Waals surface area (Å²) in [7, 11) is 0. The third kappa shape index (κ3) is 7.76. The molecule has 5 heterocycles.